The highest BCUT2D eigenvalue weighted by Gasteiger charge is 2.18. The molecule has 9 heteroatoms. The number of hydrogen-bond donors (Lipinski definition) is 0. The zero-order chi connectivity index (χ0) is 19.7. The van der Waals surface area contributed by atoms with Crippen LogP contribution >= 0.6 is 0 Å². The summed E-state index contributed by atoms with van der Waals surface area (Å²) in [6.45, 7) is 1.85. The summed E-state index contributed by atoms with van der Waals surface area (Å²) < 4.78 is 44.9. The number of rotatable bonds is 4. The van der Waals surface area contributed by atoms with E-state index in [0.29, 0.717) is 11.1 Å². The molecule has 0 aliphatic rings. The van der Waals surface area contributed by atoms with E-state index in [2.05, 4.69) is 25.1 Å². The van der Waals surface area contributed by atoms with Gasteiger partial charge >= 0.3 is 0 Å². The first-order valence-electron chi connectivity index (χ1n) is 8.18. The normalized spacial score (nSPS) is 11.2. The van der Waals surface area contributed by atoms with Gasteiger partial charge in [0.1, 0.15) is 22.9 Å². The summed E-state index contributed by atoms with van der Waals surface area (Å²) in [6, 6.07) is 7.25. The van der Waals surface area contributed by atoms with Crippen molar-refractivity contribution in [2.45, 2.75) is 13.3 Å². The molecule has 0 bridgehead atoms. The first kappa shape index (κ1) is 17.8. The monoisotopic (exact) mass is 383 g/mol. The van der Waals surface area contributed by atoms with Gasteiger partial charge in [0.2, 0.25) is 5.82 Å². The van der Waals surface area contributed by atoms with E-state index < -0.39 is 17.9 Å². The van der Waals surface area contributed by atoms with Crippen LogP contribution in [-0.2, 0) is 0 Å². The van der Waals surface area contributed by atoms with Gasteiger partial charge in [0, 0.05) is 18.0 Å². The molecule has 0 amide bonds. The zero-order valence-electron chi connectivity index (χ0n) is 14.5. The maximum Gasteiger partial charge on any atom is 0.280 e. The Labute approximate surface area is 157 Å². The minimum Gasteiger partial charge on any atom is -0.332 e. The van der Waals surface area contributed by atoms with Gasteiger partial charge in [-0.15, -0.1) is 0 Å². The fourth-order valence-corrected chi connectivity index (χ4v) is 2.63. The Hall–Kier alpha value is -3.62. The molecule has 0 fully saturated rings. The summed E-state index contributed by atoms with van der Waals surface area (Å²) in [5, 5.41) is 3.80. The highest BCUT2D eigenvalue weighted by molar-refractivity contribution is 5.71. The summed E-state index contributed by atoms with van der Waals surface area (Å²) in [5.74, 6) is -0.462. The minimum absolute atomic E-state index is 0.0198. The highest BCUT2D eigenvalue weighted by atomic mass is 19.3. The average molecular weight is 383 g/mol. The van der Waals surface area contributed by atoms with E-state index in [9.17, 15) is 13.2 Å². The Balaban J connectivity index is 1.79. The summed E-state index contributed by atoms with van der Waals surface area (Å²) in [4.78, 5) is 16.0. The lowest BCUT2D eigenvalue weighted by Gasteiger charge is -2.09. The molecule has 0 saturated carbocycles. The van der Waals surface area contributed by atoms with E-state index in [0.717, 1.165) is 11.8 Å². The SMILES string of the molecule is Cc1ccncc1-c1cc(-c2noc(-c3ccc(F)cn3)n2)nc(C(F)F)c1. The van der Waals surface area contributed by atoms with Crippen molar-refractivity contribution in [3.8, 4) is 34.2 Å². The van der Waals surface area contributed by atoms with Crippen LogP contribution in [0.5, 0.6) is 0 Å². The molecule has 4 aromatic rings. The molecule has 28 heavy (non-hydrogen) atoms. The molecule has 4 rings (SSSR count). The van der Waals surface area contributed by atoms with Gasteiger partial charge in [-0.1, -0.05) is 5.16 Å². The van der Waals surface area contributed by atoms with Gasteiger partial charge in [0.25, 0.3) is 12.3 Å². The van der Waals surface area contributed by atoms with Crippen LogP contribution in [0.1, 0.15) is 17.7 Å². The Bertz CT molecular complexity index is 1130. The Morgan fingerprint density at radius 2 is 1.86 bits per heavy atom. The van der Waals surface area contributed by atoms with Gasteiger partial charge < -0.3 is 4.52 Å². The van der Waals surface area contributed by atoms with Crippen LogP contribution in [0, 0.1) is 12.7 Å². The molecule has 4 heterocycles. The first-order chi connectivity index (χ1) is 13.5. The van der Waals surface area contributed by atoms with Gasteiger partial charge in [-0.2, -0.15) is 4.98 Å². The highest BCUT2D eigenvalue weighted by Crippen LogP contribution is 2.30. The van der Waals surface area contributed by atoms with Crippen molar-refractivity contribution >= 4 is 0 Å². The number of pyridine rings is 3. The van der Waals surface area contributed by atoms with E-state index >= 15 is 0 Å². The summed E-state index contributed by atoms with van der Waals surface area (Å²) in [6.07, 6.45) is 1.45. The molecule has 6 nitrogen and oxygen atoms in total. The van der Waals surface area contributed by atoms with E-state index in [-0.39, 0.29) is 23.1 Å². The molecule has 4 aromatic heterocycles. The van der Waals surface area contributed by atoms with Crippen molar-refractivity contribution < 1.29 is 17.7 Å². The van der Waals surface area contributed by atoms with Crippen LogP contribution in [0.4, 0.5) is 13.2 Å². The molecular weight excluding hydrogens is 371 g/mol. The number of aryl methyl sites for hydroxylation is 1. The maximum atomic E-state index is 13.4. The lowest BCUT2D eigenvalue weighted by molar-refractivity contribution is 0.146. The van der Waals surface area contributed by atoms with Gasteiger partial charge in [0.05, 0.1) is 6.20 Å². The third-order valence-corrected chi connectivity index (χ3v) is 4.02. The van der Waals surface area contributed by atoms with E-state index in [1.807, 2.05) is 6.92 Å². The predicted molar refractivity (Wildman–Crippen MR) is 93.6 cm³/mol. The van der Waals surface area contributed by atoms with Crippen LogP contribution in [-0.4, -0.2) is 25.1 Å². The first-order valence-corrected chi connectivity index (χ1v) is 8.18. The molecule has 0 radical (unpaired) electrons. The van der Waals surface area contributed by atoms with Crippen LogP contribution in [0.3, 0.4) is 0 Å². The van der Waals surface area contributed by atoms with Crippen molar-refractivity contribution in [1.82, 2.24) is 25.1 Å². The van der Waals surface area contributed by atoms with E-state index in [1.165, 1.54) is 18.2 Å². The zero-order valence-corrected chi connectivity index (χ0v) is 14.5. The van der Waals surface area contributed by atoms with Crippen LogP contribution in [0.25, 0.3) is 34.2 Å². The topological polar surface area (TPSA) is 77.6 Å². The van der Waals surface area contributed by atoms with Crippen LogP contribution in [0.2, 0.25) is 0 Å². The smallest absolute Gasteiger partial charge is 0.280 e. The second kappa shape index (κ2) is 7.18. The molecule has 0 N–H and O–H groups in total. The van der Waals surface area contributed by atoms with Crippen molar-refractivity contribution in [3.63, 3.8) is 0 Å². The lowest BCUT2D eigenvalue weighted by Crippen LogP contribution is -1.97. The standard InChI is InChI=1S/C19H12F3N5O/c1-10-4-5-23-9-13(10)11-6-15(17(21)22)25-16(7-11)18-26-19(28-27-18)14-3-2-12(20)8-24-14/h2-9,17H,1H3. The quantitative estimate of drug-likeness (QED) is 0.511. The number of halogens is 3. The maximum absolute atomic E-state index is 13.4. The molecule has 0 aliphatic heterocycles. The molecule has 0 spiro atoms. The van der Waals surface area contributed by atoms with E-state index in [1.54, 1.807) is 24.5 Å². The Kier molecular flexibility index (Phi) is 4.56. The molecule has 0 aromatic carbocycles. The summed E-state index contributed by atoms with van der Waals surface area (Å²) >= 11 is 0. The van der Waals surface area contributed by atoms with Gasteiger partial charge in [0.15, 0.2) is 0 Å². The molecule has 0 aliphatic carbocycles. The van der Waals surface area contributed by atoms with Crippen molar-refractivity contribution in [2.24, 2.45) is 0 Å². The molecule has 0 atom stereocenters. The van der Waals surface area contributed by atoms with E-state index in [4.69, 9.17) is 4.52 Å². The van der Waals surface area contributed by atoms with Crippen molar-refractivity contribution in [3.05, 3.63) is 66.0 Å². The second-order valence-electron chi connectivity index (χ2n) is 5.94. The van der Waals surface area contributed by atoms with Crippen molar-refractivity contribution in [1.29, 1.82) is 0 Å². The molecule has 140 valence electrons. The Morgan fingerprint density at radius 3 is 2.57 bits per heavy atom. The lowest BCUT2D eigenvalue weighted by atomic mass is 10.0. The number of alkyl halides is 2. The van der Waals surface area contributed by atoms with Gasteiger partial charge in [-0.25, -0.2) is 23.1 Å². The number of nitrogens with zero attached hydrogens (tertiary/aromatic N) is 5. The average Bonchev–Trinajstić information content (AvgIpc) is 3.19. The minimum atomic E-state index is -2.78. The summed E-state index contributed by atoms with van der Waals surface area (Å²) in [7, 11) is 0. The Morgan fingerprint density at radius 1 is 1.00 bits per heavy atom. The van der Waals surface area contributed by atoms with Crippen LogP contribution < -0.4 is 0 Å². The summed E-state index contributed by atoms with van der Waals surface area (Å²) in [5.41, 5.74) is 2.04. The van der Waals surface area contributed by atoms with Crippen molar-refractivity contribution in [2.75, 3.05) is 0 Å². The fraction of sp³-hybridized carbons (Fsp3) is 0.105. The second-order valence-corrected chi connectivity index (χ2v) is 5.94. The fourth-order valence-electron chi connectivity index (χ4n) is 2.63. The predicted octanol–water partition coefficient (Wildman–Crippen LogP) is 4.64. The molecular formula is C19H12F3N5O. The number of aromatic nitrogens is 5. The third kappa shape index (κ3) is 3.46. The molecule has 0 unspecified atom stereocenters. The molecule has 0 saturated heterocycles. The largest absolute Gasteiger partial charge is 0.332 e. The van der Waals surface area contributed by atoms with Gasteiger partial charge in [-0.05, 0) is 48.4 Å². The number of hydrogen-bond acceptors (Lipinski definition) is 6. The van der Waals surface area contributed by atoms with Gasteiger partial charge in [-0.3, -0.25) is 4.98 Å². The van der Waals surface area contributed by atoms with Crippen LogP contribution in [0.15, 0.2) is 53.4 Å². The third-order valence-electron chi connectivity index (χ3n) is 4.02.